The maximum absolute atomic E-state index is 12.7. The first kappa shape index (κ1) is 19.7. The van der Waals surface area contributed by atoms with E-state index in [9.17, 15) is 4.79 Å². The van der Waals surface area contributed by atoms with Gasteiger partial charge in [0.25, 0.3) is 0 Å². The minimum absolute atomic E-state index is 0.0236. The van der Waals surface area contributed by atoms with Gasteiger partial charge in [-0.25, -0.2) is 0 Å². The number of hydrogen-bond donors (Lipinski definition) is 3. The first-order valence-corrected chi connectivity index (χ1v) is 10.9. The zero-order valence-corrected chi connectivity index (χ0v) is 17.7. The van der Waals surface area contributed by atoms with Gasteiger partial charge in [0.2, 0.25) is 5.95 Å². The van der Waals surface area contributed by atoms with Crippen LogP contribution in [0.2, 0.25) is 0 Å². The number of aromatic nitrogens is 3. The number of methoxy groups -OCH3 is 1. The number of hydrogen-bond acceptors (Lipinski definition) is 7. The van der Waals surface area contributed by atoms with E-state index in [0.29, 0.717) is 24.4 Å². The van der Waals surface area contributed by atoms with Crippen molar-refractivity contribution >= 4 is 34.5 Å². The maximum atomic E-state index is 12.7. The summed E-state index contributed by atoms with van der Waals surface area (Å²) in [6, 6.07) is 9.60. The second-order valence-electron chi connectivity index (χ2n) is 8.27. The highest BCUT2D eigenvalue weighted by Gasteiger charge is 2.51. The Balaban J connectivity index is 1.45. The predicted molar refractivity (Wildman–Crippen MR) is 119 cm³/mol. The monoisotopic (exact) mass is 421 g/mol. The minimum Gasteiger partial charge on any atom is -0.497 e. The Hall–Kier alpha value is -3.29. The van der Waals surface area contributed by atoms with E-state index in [-0.39, 0.29) is 17.9 Å². The number of ether oxygens (including phenoxy) is 2. The first-order chi connectivity index (χ1) is 15.2. The van der Waals surface area contributed by atoms with Gasteiger partial charge in [0.05, 0.1) is 25.0 Å². The van der Waals surface area contributed by atoms with Crippen LogP contribution in [0.15, 0.2) is 36.5 Å². The third-order valence-electron chi connectivity index (χ3n) is 6.52. The Kier molecular flexibility index (Phi) is 5.13. The molecular formula is C23H27N5O3. The second kappa shape index (κ2) is 8.09. The van der Waals surface area contributed by atoms with Gasteiger partial charge in [-0.3, -0.25) is 4.79 Å². The number of fused-ring (bicyclic) bond motifs is 3. The van der Waals surface area contributed by atoms with Gasteiger partial charge in [-0.15, -0.1) is 0 Å². The van der Waals surface area contributed by atoms with E-state index in [4.69, 9.17) is 14.5 Å². The van der Waals surface area contributed by atoms with E-state index >= 15 is 0 Å². The summed E-state index contributed by atoms with van der Waals surface area (Å²) < 4.78 is 10.7. The summed E-state index contributed by atoms with van der Waals surface area (Å²) in [5, 5.41) is 7.77. The first-order valence-electron chi connectivity index (χ1n) is 10.9. The van der Waals surface area contributed by atoms with Crippen molar-refractivity contribution in [3.63, 3.8) is 0 Å². The highest BCUT2D eigenvalue weighted by molar-refractivity contribution is 5.89. The molecule has 2 fully saturated rings. The number of H-pyrrole nitrogens is 1. The molecule has 0 aliphatic heterocycles. The molecule has 4 unspecified atom stereocenters. The van der Waals surface area contributed by atoms with Crippen LogP contribution in [0.5, 0.6) is 5.75 Å². The van der Waals surface area contributed by atoms with Gasteiger partial charge in [0, 0.05) is 24.0 Å². The molecule has 4 atom stereocenters. The van der Waals surface area contributed by atoms with Crippen molar-refractivity contribution in [2.45, 2.75) is 32.2 Å². The number of carbonyl (C=O) groups excluding carboxylic acids is 1. The molecule has 5 rings (SSSR count). The van der Waals surface area contributed by atoms with Crippen LogP contribution < -0.4 is 15.4 Å². The Labute approximate surface area is 180 Å². The van der Waals surface area contributed by atoms with Crippen LogP contribution in [0.3, 0.4) is 0 Å². The van der Waals surface area contributed by atoms with Crippen molar-refractivity contribution in [1.29, 1.82) is 0 Å². The molecule has 0 saturated heterocycles. The van der Waals surface area contributed by atoms with E-state index in [1.54, 1.807) is 7.11 Å². The summed E-state index contributed by atoms with van der Waals surface area (Å²) >= 11 is 0. The van der Waals surface area contributed by atoms with Crippen LogP contribution >= 0.6 is 0 Å². The molecule has 2 heterocycles. The summed E-state index contributed by atoms with van der Waals surface area (Å²) in [6.07, 6.45) is 5.15. The molecule has 3 aromatic rings. The maximum Gasteiger partial charge on any atom is 0.311 e. The number of nitrogens with zero attached hydrogens (tertiary/aromatic N) is 2. The SMILES string of the molecule is CCOC(=O)C1C2CCC(C2)C1Nc1nc(Nc2cccc(OC)c2)nc2[nH]ccc12. The minimum atomic E-state index is -0.127. The van der Waals surface area contributed by atoms with E-state index in [1.807, 2.05) is 43.5 Å². The average Bonchev–Trinajstić information content (AvgIpc) is 3.50. The molecule has 8 nitrogen and oxygen atoms in total. The Morgan fingerprint density at radius 1 is 1.23 bits per heavy atom. The van der Waals surface area contributed by atoms with Gasteiger partial charge in [-0.1, -0.05) is 6.07 Å². The Morgan fingerprint density at radius 3 is 2.94 bits per heavy atom. The van der Waals surface area contributed by atoms with Gasteiger partial charge >= 0.3 is 5.97 Å². The summed E-state index contributed by atoms with van der Waals surface area (Å²) in [6.45, 7) is 2.27. The molecule has 8 heteroatoms. The number of rotatable bonds is 7. The van der Waals surface area contributed by atoms with Crippen molar-refractivity contribution in [2.75, 3.05) is 24.4 Å². The second-order valence-corrected chi connectivity index (χ2v) is 8.27. The molecule has 31 heavy (non-hydrogen) atoms. The summed E-state index contributed by atoms with van der Waals surface area (Å²) in [7, 11) is 1.64. The van der Waals surface area contributed by atoms with Crippen LogP contribution in [0.25, 0.3) is 11.0 Å². The molecule has 2 saturated carbocycles. The van der Waals surface area contributed by atoms with E-state index in [1.165, 1.54) is 0 Å². The molecule has 2 aliphatic rings. The molecule has 0 amide bonds. The number of anilines is 3. The van der Waals surface area contributed by atoms with Crippen molar-refractivity contribution < 1.29 is 14.3 Å². The van der Waals surface area contributed by atoms with Gasteiger partial charge in [0.15, 0.2) is 0 Å². The molecule has 0 spiro atoms. The zero-order valence-electron chi connectivity index (χ0n) is 17.7. The molecule has 1 aromatic carbocycles. The predicted octanol–water partition coefficient (Wildman–Crippen LogP) is 4.10. The highest BCUT2D eigenvalue weighted by atomic mass is 16.5. The quantitative estimate of drug-likeness (QED) is 0.494. The lowest BCUT2D eigenvalue weighted by Gasteiger charge is -2.30. The third-order valence-corrected chi connectivity index (χ3v) is 6.52. The highest BCUT2D eigenvalue weighted by Crippen LogP contribution is 2.50. The number of carbonyl (C=O) groups is 1. The van der Waals surface area contributed by atoms with Gasteiger partial charge in [-0.05, 0) is 56.2 Å². The molecule has 2 aliphatic carbocycles. The molecule has 0 radical (unpaired) electrons. The zero-order chi connectivity index (χ0) is 21.4. The van der Waals surface area contributed by atoms with Crippen LogP contribution in [0, 0.1) is 17.8 Å². The summed E-state index contributed by atoms with van der Waals surface area (Å²) in [4.78, 5) is 25.2. The lowest BCUT2D eigenvalue weighted by Crippen LogP contribution is -2.40. The standard InChI is InChI=1S/C23H27N5O3/c1-3-31-22(29)18-13-7-8-14(11-13)19(18)26-21-17-9-10-24-20(17)27-23(28-21)25-15-5-4-6-16(12-15)30-2/h4-6,9-10,12-14,18-19H,3,7-8,11H2,1-2H3,(H3,24,25,26,27,28). The largest absolute Gasteiger partial charge is 0.497 e. The fraction of sp³-hybridized carbons (Fsp3) is 0.435. The van der Waals surface area contributed by atoms with E-state index < -0.39 is 0 Å². The normalized spacial score (nSPS) is 24.3. The van der Waals surface area contributed by atoms with Crippen LogP contribution in [-0.2, 0) is 9.53 Å². The van der Waals surface area contributed by atoms with Crippen LogP contribution in [0.4, 0.5) is 17.5 Å². The smallest absolute Gasteiger partial charge is 0.311 e. The fourth-order valence-corrected chi connectivity index (χ4v) is 5.17. The van der Waals surface area contributed by atoms with Crippen molar-refractivity contribution in [2.24, 2.45) is 17.8 Å². The summed E-state index contributed by atoms with van der Waals surface area (Å²) in [5.74, 6) is 2.57. The number of aromatic amines is 1. The number of nitrogens with one attached hydrogen (secondary N) is 3. The molecule has 2 bridgehead atoms. The fourth-order valence-electron chi connectivity index (χ4n) is 5.17. The van der Waals surface area contributed by atoms with Crippen molar-refractivity contribution in [1.82, 2.24) is 15.0 Å². The molecule has 2 aromatic heterocycles. The third kappa shape index (κ3) is 3.66. The van der Waals surface area contributed by atoms with Gasteiger partial charge < -0.3 is 25.1 Å². The van der Waals surface area contributed by atoms with Gasteiger partial charge in [0.1, 0.15) is 17.2 Å². The Morgan fingerprint density at radius 2 is 2.10 bits per heavy atom. The number of esters is 1. The van der Waals surface area contributed by atoms with E-state index in [0.717, 1.165) is 47.6 Å². The Bertz CT molecular complexity index is 1100. The van der Waals surface area contributed by atoms with E-state index in [2.05, 4.69) is 20.6 Å². The summed E-state index contributed by atoms with van der Waals surface area (Å²) in [5.41, 5.74) is 1.57. The topological polar surface area (TPSA) is 101 Å². The molecular weight excluding hydrogens is 394 g/mol. The lowest BCUT2D eigenvalue weighted by atomic mass is 9.84. The van der Waals surface area contributed by atoms with Crippen LogP contribution in [0.1, 0.15) is 26.2 Å². The molecule has 3 N–H and O–H groups in total. The van der Waals surface area contributed by atoms with Crippen molar-refractivity contribution in [3.8, 4) is 5.75 Å². The van der Waals surface area contributed by atoms with Crippen molar-refractivity contribution in [3.05, 3.63) is 36.5 Å². The van der Waals surface area contributed by atoms with Gasteiger partial charge in [-0.2, -0.15) is 9.97 Å². The van der Waals surface area contributed by atoms with Crippen LogP contribution in [-0.4, -0.2) is 40.7 Å². The number of benzene rings is 1. The molecule has 162 valence electrons. The lowest BCUT2D eigenvalue weighted by molar-refractivity contribution is -0.150. The average molecular weight is 422 g/mol.